The lowest BCUT2D eigenvalue weighted by molar-refractivity contribution is -0.143. The maximum Gasteiger partial charge on any atom is 0.305 e. The van der Waals surface area contributed by atoms with Gasteiger partial charge in [0, 0.05) is 12.8 Å². The number of hydrogen-bond acceptors (Lipinski definition) is 5. The molecule has 0 aromatic heterocycles. The van der Waals surface area contributed by atoms with Crippen molar-refractivity contribution in [1.29, 1.82) is 0 Å². The Balaban J connectivity index is 3.34. The first-order valence-electron chi connectivity index (χ1n) is 32.3. The van der Waals surface area contributed by atoms with Crippen LogP contribution in [0.4, 0.5) is 0 Å². The van der Waals surface area contributed by atoms with Gasteiger partial charge >= 0.3 is 5.97 Å². The molecule has 0 spiro atoms. The molecule has 2 unspecified atom stereocenters. The minimum Gasteiger partial charge on any atom is -0.466 e. The van der Waals surface area contributed by atoms with Gasteiger partial charge in [-0.1, -0.05) is 288 Å². The number of nitrogens with one attached hydrogen (secondary N) is 1. The summed E-state index contributed by atoms with van der Waals surface area (Å²) in [6.45, 7) is 4.88. The molecule has 72 heavy (non-hydrogen) atoms. The fourth-order valence-electron chi connectivity index (χ4n) is 9.92. The van der Waals surface area contributed by atoms with E-state index in [0.717, 1.165) is 44.9 Å². The largest absolute Gasteiger partial charge is 0.466 e. The summed E-state index contributed by atoms with van der Waals surface area (Å²) in [7, 11) is 0. The highest BCUT2D eigenvalue weighted by Gasteiger charge is 2.18. The van der Waals surface area contributed by atoms with Crippen molar-refractivity contribution in [3.8, 4) is 0 Å². The van der Waals surface area contributed by atoms with Crippen molar-refractivity contribution in [2.24, 2.45) is 0 Å². The molecule has 0 fully saturated rings. The predicted molar refractivity (Wildman–Crippen MR) is 315 cm³/mol. The lowest BCUT2D eigenvalue weighted by atomic mass is 10.0. The molecule has 1 amide bonds. The van der Waals surface area contributed by atoms with E-state index in [-0.39, 0.29) is 18.5 Å². The molecule has 0 aromatic carbocycles. The molecule has 0 aliphatic rings. The van der Waals surface area contributed by atoms with E-state index >= 15 is 0 Å². The molecule has 0 bridgehead atoms. The maximum absolute atomic E-state index is 12.4. The van der Waals surface area contributed by atoms with E-state index in [1.165, 1.54) is 276 Å². The zero-order valence-electron chi connectivity index (χ0n) is 48.4. The van der Waals surface area contributed by atoms with Crippen molar-refractivity contribution in [1.82, 2.24) is 5.32 Å². The van der Waals surface area contributed by atoms with E-state index in [1.807, 2.05) is 6.08 Å². The summed E-state index contributed by atoms with van der Waals surface area (Å²) in [6.07, 6.45) is 77.9. The molecule has 0 heterocycles. The number of hydrogen-bond donors (Lipinski definition) is 3. The van der Waals surface area contributed by atoms with Crippen LogP contribution in [0.25, 0.3) is 0 Å². The summed E-state index contributed by atoms with van der Waals surface area (Å²) in [5, 5.41) is 23.0. The quantitative estimate of drug-likeness (QED) is 0.0320. The Kier molecular flexibility index (Phi) is 60.0. The van der Waals surface area contributed by atoms with Crippen molar-refractivity contribution < 1.29 is 24.5 Å². The van der Waals surface area contributed by atoms with Crippen LogP contribution in [0.5, 0.6) is 0 Å². The van der Waals surface area contributed by atoms with Gasteiger partial charge in [-0.2, -0.15) is 0 Å². The average molecular weight is 1010 g/mol. The molecule has 0 aromatic rings. The third-order valence-corrected chi connectivity index (χ3v) is 14.9. The van der Waals surface area contributed by atoms with Crippen LogP contribution in [-0.4, -0.2) is 47.4 Å². The second-order valence-corrected chi connectivity index (χ2v) is 22.1. The van der Waals surface area contributed by atoms with Gasteiger partial charge in [0.2, 0.25) is 5.91 Å². The number of unbranched alkanes of at least 4 members (excludes halogenated alkanes) is 45. The molecule has 424 valence electrons. The van der Waals surface area contributed by atoms with E-state index in [0.29, 0.717) is 19.4 Å². The highest BCUT2D eigenvalue weighted by Crippen LogP contribution is 2.17. The summed E-state index contributed by atoms with van der Waals surface area (Å²) in [6, 6.07) is -0.624. The third kappa shape index (κ3) is 57.4. The molecule has 0 rings (SSSR count). The van der Waals surface area contributed by atoms with Crippen LogP contribution in [0.15, 0.2) is 36.5 Å². The van der Waals surface area contributed by atoms with Gasteiger partial charge in [0.25, 0.3) is 0 Å². The molecule has 0 aliphatic heterocycles. The van der Waals surface area contributed by atoms with Crippen LogP contribution in [-0.2, 0) is 14.3 Å². The number of allylic oxidation sites excluding steroid dienone is 5. The van der Waals surface area contributed by atoms with Crippen molar-refractivity contribution in [2.75, 3.05) is 13.2 Å². The number of ether oxygens (including phenoxy) is 1. The van der Waals surface area contributed by atoms with Gasteiger partial charge in [-0.3, -0.25) is 9.59 Å². The Labute approximate surface area is 449 Å². The number of amides is 1. The van der Waals surface area contributed by atoms with Gasteiger partial charge in [0.15, 0.2) is 0 Å². The number of carbonyl (C=O) groups excluding carboxylic acids is 2. The molecule has 2 atom stereocenters. The van der Waals surface area contributed by atoms with Crippen molar-refractivity contribution in [3.63, 3.8) is 0 Å². The Hall–Kier alpha value is -1.92. The minimum absolute atomic E-state index is 0.00853. The van der Waals surface area contributed by atoms with E-state index in [1.54, 1.807) is 6.08 Å². The number of aliphatic hydroxyl groups is 2. The Bertz CT molecular complexity index is 1170. The van der Waals surface area contributed by atoms with Crippen LogP contribution in [0.2, 0.25) is 0 Å². The first-order valence-corrected chi connectivity index (χ1v) is 32.3. The first kappa shape index (κ1) is 70.1. The third-order valence-electron chi connectivity index (χ3n) is 14.9. The molecular formula is C66H125NO5. The van der Waals surface area contributed by atoms with Crippen molar-refractivity contribution in [2.45, 2.75) is 360 Å². The van der Waals surface area contributed by atoms with E-state index in [9.17, 15) is 19.8 Å². The Morgan fingerprint density at radius 1 is 0.375 bits per heavy atom. The van der Waals surface area contributed by atoms with Gasteiger partial charge in [-0.15, -0.1) is 0 Å². The smallest absolute Gasteiger partial charge is 0.305 e. The summed E-state index contributed by atoms with van der Waals surface area (Å²) in [4.78, 5) is 24.4. The van der Waals surface area contributed by atoms with Gasteiger partial charge in [0.1, 0.15) is 0 Å². The number of rotatable bonds is 60. The van der Waals surface area contributed by atoms with Gasteiger partial charge < -0.3 is 20.3 Å². The summed E-state index contributed by atoms with van der Waals surface area (Å²) >= 11 is 0. The van der Waals surface area contributed by atoms with Crippen LogP contribution in [0.1, 0.15) is 348 Å². The zero-order valence-corrected chi connectivity index (χ0v) is 48.4. The second-order valence-electron chi connectivity index (χ2n) is 22.1. The number of esters is 1. The Morgan fingerprint density at radius 2 is 0.653 bits per heavy atom. The van der Waals surface area contributed by atoms with Crippen LogP contribution >= 0.6 is 0 Å². The molecule has 0 radical (unpaired) electrons. The second kappa shape index (κ2) is 61.6. The molecule has 0 saturated carbocycles. The highest BCUT2D eigenvalue weighted by molar-refractivity contribution is 5.76. The normalized spacial score (nSPS) is 12.8. The standard InChI is InChI=1S/C66H125NO5/c1-3-5-7-9-11-13-15-36-40-44-48-52-56-60-66(71)72-61-57-53-49-45-41-38-35-33-31-29-27-25-23-21-19-17-16-18-20-22-24-26-28-30-32-34-37-39-43-47-51-55-59-65(70)67-63(62-68)64(69)58-54-50-46-42-14-12-10-8-6-4-2/h13,15,19,21,54,58,63-64,68-69H,3-12,14,16-18,20,22-53,55-57,59-62H2,1-2H3,(H,67,70)/b15-13-,21-19-,58-54+. The lowest BCUT2D eigenvalue weighted by Crippen LogP contribution is -2.45. The summed E-state index contributed by atoms with van der Waals surface area (Å²) < 4.78 is 5.48. The summed E-state index contributed by atoms with van der Waals surface area (Å²) in [5.74, 6) is -0.0580. The molecule has 0 aliphatic carbocycles. The SMILES string of the molecule is CCCCCC/C=C\CCCCCCCC(=O)OCCCCCCCCCCCCCC/C=C\CCCCCCCCCCCCCCCCCCC(=O)NC(CO)C(O)/C=C/CCCCCCCCCC. The Morgan fingerprint density at radius 3 is 1.00 bits per heavy atom. The lowest BCUT2D eigenvalue weighted by Gasteiger charge is -2.20. The highest BCUT2D eigenvalue weighted by atomic mass is 16.5. The molecule has 6 nitrogen and oxygen atoms in total. The predicted octanol–water partition coefficient (Wildman–Crippen LogP) is 20.4. The van der Waals surface area contributed by atoms with E-state index in [4.69, 9.17) is 4.74 Å². The van der Waals surface area contributed by atoms with Gasteiger partial charge in [0.05, 0.1) is 25.4 Å². The van der Waals surface area contributed by atoms with Gasteiger partial charge in [-0.25, -0.2) is 0 Å². The maximum atomic E-state index is 12.4. The van der Waals surface area contributed by atoms with Gasteiger partial charge in [-0.05, 0) is 83.5 Å². The van der Waals surface area contributed by atoms with Crippen molar-refractivity contribution >= 4 is 11.9 Å². The average Bonchev–Trinajstić information content (AvgIpc) is 3.38. The first-order chi connectivity index (χ1) is 35.5. The van der Waals surface area contributed by atoms with Crippen LogP contribution in [0, 0.1) is 0 Å². The minimum atomic E-state index is -0.840. The van der Waals surface area contributed by atoms with Crippen molar-refractivity contribution in [3.05, 3.63) is 36.5 Å². The molecule has 3 N–H and O–H groups in total. The molecule has 0 saturated heterocycles. The van der Waals surface area contributed by atoms with E-state index in [2.05, 4.69) is 43.5 Å². The molecule has 6 heteroatoms. The fourth-order valence-corrected chi connectivity index (χ4v) is 9.92. The number of carbonyl (C=O) groups is 2. The topological polar surface area (TPSA) is 95.9 Å². The van der Waals surface area contributed by atoms with E-state index < -0.39 is 12.1 Å². The molecular weight excluding hydrogens is 887 g/mol. The monoisotopic (exact) mass is 1010 g/mol. The van der Waals surface area contributed by atoms with Crippen LogP contribution in [0.3, 0.4) is 0 Å². The summed E-state index contributed by atoms with van der Waals surface area (Å²) in [5.41, 5.74) is 0. The number of aliphatic hydroxyl groups excluding tert-OH is 2. The fraction of sp³-hybridized carbons (Fsp3) is 0.879. The zero-order chi connectivity index (χ0) is 52.2. The van der Waals surface area contributed by atoms with Crippen LogP contribution < -0.4 is 5.32 Å².